The molecule has 28 heavy (non-hydrogen) atoms. The number of methoxy groups -OCH3 is 1. The topological polar surface area (TPSA) is 58.1 Å². The van der Waals surface area contributed by atoms with Crippen LogP contribution in [0, 0.1) is 5.92 Å². The largest absolute Gasteiger partial charge is 0.495 e. The number of guanidine groups is 1. The fourth-order valence-corrected chi connectivity index (χ4v) is 3.30. The maximum atomic E-state index is 5.59. The normalized spacial score (nSPS) is 16.6. The van der Waals surface area contributed by atoms with E-state index in [-0.39, 0.29) is 24.0 Å². The number of benzene rings is 1. The molecular formula is C21H37IN4O2. The number of rotatable bonds is 11. The highest BCUT2D eigenvalue weighted by molar-refractivity contribution is 14.0. The van der Waals surface area contributed by atoms with Gasteiger partial charge < -0.3 is 25.0 Å². The lowest BCUT2D eigenvalue weighted by Crippen LogP contribution is -2.40. The Labute approximate surface area is 187 Å². The molecule has 1 atom stereocenters. The van der Waals surface area contributed by atoms with Crippen LogP contribution in [0.2, 0.25) is 0 Å². The summed E-state index contributed by atoms with van der Waals surface area (Å²) >= 11 is 0. The predicted molar refractivity (Wildman–Crippen MR) is 128 cm³/mol. The van der Waals surface area contributed by atoms with Crippen LogP contribution < -0.4 is 20.3 Å². The van der Waals surface area contributed by atoms with Gasteiger partial charge in [0.1, 0.15) is 5.75 Å². The van der Waals surface area contributed by atoms with Crippen LogP contribution in [0.25, 0.3) is 0 Å². The molecule has 0 radical (unpaired) electrons. The van der Waals surface area contributed by atoms with Crippen LogP contribution in [0.15, 0.2) is 29.3 Å². The third-order valence-electron chi connectivity index (χ3n) is 4.89. The van der Waals surface area contributed by atoms with Crippen LogP contribution in [0.3, 0.4) is 0 Å². The minimum atomic E-state index is 0. The van der Waals surface area contributed by atoms with Crippen molar-refractivity contribution in [2.24, 2.45) is 10.9 Å². The zero-order chi connectivity index (χ0) is 19.3. The van der Waals surface area contributed by atoms with Crippen LogP contribution in [0.1, 0.15) is 32.6 Å². The highest BCUT2D eigenvalue weighted by Gasteiger charge is 2.24. The van der Waals surface area contributed by atoms with Crippen molar-refractivity contribution < 1.29 is 9.47 Å². The number of aliphatic imine (C=N–C) groups is 1. The van der Waals surface area contributed by atoms with Crippen molar-refractivity contribution in [1.82, 2.24) is 10.6 Å². The van der Waals surface area contributed by atoms with Gasteiger partial charge in [-0.25, -0.2) is 0 Å². The minimum Gasteiger partial charge on any atom is -0.495 e. The quantitative estimate of drug-likeness (QED) is 0.209. The van der Waals surface area contributed by atoms with Gasteiger partial charge in [0, 0.05) is 46.4 Å². The zero-order valence-corrected chi connectivity index (χ0v) is 19.9. The number of hydrogen-bond donors (Lipinski definition) is 2. The number of unbranched alkanes of at least 4 members (excludes halogenated alkanes) is 1. The highest BCUT2D eigenvalue weighted by atomic mass is 127. The Balaban J connectivity index is 0.00000392. The first-order valence-corrected chi connectivity index (χ1v) is 10.2. The zero-order valence-electron chi connectivity index (χ0n) is 17.6. The molecule has 1 fully saturated rings. The van der Waals surface area contributed by atoms with Crippen molar-refractivity contribution in [2.45, 2.75) is 32.6 Å². The Morgan fingerprint density at radius 2 is 2.00 bits per heavy atom. The van der Waals surface area contributed by atoms with Gasteiger partial charge in [-0.3, -0.25) is 4.99 Å². The standard InChI is InChI=1S/C21H36N4O2.HI/c1-4-5-14-27-15-8-12-23-21(22-2)24-16-18-11-13-25(17-18)19-9-6-7-10-20(19)26-3;/h6-7,9-10,18H,4-5,8,11-17H2,1-3H3,(H2,22,23,24);1H. The molecule has 7 heteroatoms. The number of hydrogen-bond acceptors (Lipinski definition) is 4. The summed E-state index contributed by atoms with van der Waals surface area (Å²) in [6.07, 6.45) is 4.50. The lowest BCUT2D eigenvalue weighted by Gasteiger charge is -2.21. The van der Waals surface area contributed by atoms with Gasteiger partial charge in [-0.05, 0) is 37.3 Å². The third kappa shape index (κ3) is 8.43. The van der Waals surface area contributed by atoms with Crippen LogP contribution in [0.4, 0.5) is 5.69 Å². The molecule has 0 aliphatic carbocycles. The fourth-order valence-electron chi connectivity index (χ4n) is 3.30. The van der Waals surface area contributed by atoms with E-state index in [1.807, 2.05) is 19.2 Å². The van der Waals surface area contributed by atoms with Crippen LogP contribution >= 0.6 is 24.0 Å². The van der Waals surface area contributed by atoms with Gasteiger partial charge in [-0.2, -0.15) is 0 Å². The van der Waals surface area contributed by atoms with E-state index in [1.165, 1.54) is 18.5 Å². The SMILES string of the molecule is CCCCOCCCNC(=NC)NCC1CCN(c2ccccc2OC)C1.I. The maximum absolute atomic E-state index is 5.59. The van der Waals surface area contributed by atoms with E-state index >= 15 is 0 Å². The highest BCUT2D eigenvalue weighted by Crippen LogP contribution is 2.31. The Kier molecular flexibility index (Phi) is 13.1. The molecule has 1 aromatic carbocycles. The Bertz CT molecular complexity index is 571. The molecule has 1 aromatic rings. The van der Waals surface area contributed by atoms with E-state index in [0.717, 1.165) is 63.9 Å². The molecule has 1 saturated heterocycles. The summed E-state index contributed by atoms with van der Waals surface area (Å²) in [6, 6.07) is 8.25. The predicted octanol–water partition coefficient (Wildman–Crippen LogP) is 3.51. The molecule has 0 bridgehead atoms. The Morgan fingerprint density at radius 1 is 1.21 bits per heavy atom. The molecule has 0 amide bonds. The van der Waals surface area contributed by atoms with Crippen molar-refractivity contribution in [2.75, 3.05) is 58.5 Å². The number of para-hydroxylation sites is 2. The van der Waals surface area contributed by atoms with E-state index in [0.29, 0.717) is 5.92 Å². The molecule has 1 aliphatic rings. The summed E-state index contributed by atoms with van der Waals surface area (Å²) in [5, 5.41) is 6.83. The molecule has 1 aliphatic heterocycles. The van der Waals surface area contributed by atoms with Crippen molar-refractivity contribution in [3.63, 3.8) is 0 Å². The Morgan fingerprint density at radius 3 is 2.75 bits per heavy atom. The van der Waals surface area contributed by atoms with Crippen molar-refractivity contribution in [3.05, 3.63) is 24.3 Å². The van der Waals surface area contributed by atoms with Gasteiger partial charge in [0.15, 0.2) is 5.96 Å². The second kappa shape index (κ2) is 14.7. The lowest BCUT2D eigenvalue weighted by molar-refractivity contribution is 0.129. The fraction of sp³-hybridized carbons (Fsp3) is 0.667. The van der Waals surface area contributed by atoms with Gasteiger partial charge >= 0.3 is 0 Å². The molecule has 1 unspecified atom stereocenters. The van der Waals surface area contributed by atoms with E-state index < -0.39 is 0 Å². The van der Waals surface area contributed by atoms with Crippen LogP contribution in [0.5, 0.6) is 5.75 Å². The minimum absolute atomic E-state index is 0. The number of nitrogens with zero attached hydrogens (tertiary/aromatic N) is 2. The summed E-state index contributed by atoms with van der Waals surface area (Å²) in [4.78, 5) is 6.73. The number of ether oxygens (including phenoxy) is 2. The summed E-state index contributed by atoms with van der Waals surface area (Å²) in [6.45, 7) is 7.76. The lowest BCUT2D eigenvalue weighted by atomic mass is 10.1. The number of halogens is 1. The average molecular weight is 504 g/mol. The second-order valence-electron chi connectivity index (χ2n) is 6.97. The van der Waals surface area contributed by atoms with Crippen molar-refractivity contribution >= 4 is 35.6 Å². The molecule has 2 N–H and O–H groups in total. The summed E-state index contributed by atoms with van der Waals surface area (Å²) < 4.78 is 11.1. The molecular weight excluding hydrogens is 467 g/mol. The van der Waals surface area contributed by atoms with Gasteiger partial charge in [-0.1, -0.05) is 25.5 Å². The van der Waals surface area contributed by atoms with E-state index in [1.54, 1.807) is 7.11 Å². The molecule has 0 saturated carbocycles. The molecule has 2 rings (SSSR count). The van der Waals surface area contributed by atoms with Crippen LogP contribution in [-0.4, -0.2) is 59.5 Å². The van der Waals surface area contributed by atoms with E-state index in [9.17, 15) is 0 Å². The number of anilines is 1. The van der Waals surface area contributed by atoms with Gasteiger partial charge in [0.2, 0.25) is 0 Å². The maximum Gasteiger partial charge on any atom is 0.190 e. The smallest absolute Gasteiger partial charge is 0.190 e. The monoisotopic (exact) mass is 504 g/mol. The average Bonchev–Trinajstić information content (AvgIpc) is 3.18. The first-order valence-electron chi connectivity index (χ1n) is 10.2. The molecule has 160 valence electrons. The van der Waals surface area contributed by atoms with E-state index in [4.69, 9.17) is 9.47 Å². The van der Waals surface area contributed by atoms with Crippen LogP contribution in [-0.2, 0) is 4.74 Å². The molecule has 0 aromatic heterocycles. The first-order chi connectivity index (χ1) is 13.3. The number of nitrogens with one attached hydrogen (secondary N) is 2. The summed E-state index contributed by atoms with van der Waals surface area (Å²) in [7, 11) is 3.56. The van der Waals surface area contributed by atoms with Gasteiger partial charge in [0.05, 0.1) is 12.8 Å². The van der Waals surface area contributed by atoms with Gasteiger partial charge in [0.25, 0.3) is 0 Å². The summed E-state index contributed by atoms with van der Waals surface area (Å²) in [5.41, 5.74) is 1.19. The molecule has 0 spiro atoms. The second-order valence-corrected chi connectivity index (χ2v) is 6.97. The van der Waals surface area contributed by atoms with E-state index in [2.05, 4.69) is 39.6 Å². The molecule has 1 heterocycles. The Hall–Kier alpha value is -1.22. The third-order valence-corrected chi connectivity index (χ3v) is 4.89. The van der Waals surface area contributed by atoms with Gasteiger partial charge in [-0.15, -0.1) is 24.0 Å². The molecule has 6 nitrogen and oxygen atoms in total. The first kappa shape index (κ1) is 24.8. The summed E-state index contributed by atoms with van der Waals surface area (Å²) in [5.74, 6) is 2.43. The van der Waals surface area contributed by atoms with Crippen molar-refractivity contribution in [1.29, 1.82) is 0 Å². The van der Waals surface area contributed by atoms with Crippen molar-refractivity contribution in [3.8, 4) is 5.75 Å².